The van der Waals surface area contributed by atoms with Crippen LogP contribution in [0, 0.1) is 5.82 Å². The molecule has 0 aliphatic rings. The first kappa shape index (κ1) is 14.1. The van der Waals surface area contributed by atoms with Gasteiger partial charge in [-0.15, -0.1) is 0 Å². The van der Waals surface area contributed by atoms with Gasteiger partial charge < -0.3 is 15.8 Å². The number of methoxy groups -OCH3 is 1. The number of benzene rings is 2. The van der Waals surface area contributed by atoms with Crippen LogP contribution in [-0.2, 0) is 0 Å². The quantitative estimate of drug-likeness (QED) is 0.854. The average Bonchev–Trinajstić information content (AvgIpc) is 2.37. The van der Waals surface area contributed by atoms with Crippen LogP contribution in [0.4, 0.5) is 15.8 Å². The second-order valence-corrected chi connectivity index (χ2v) is 4.51. The molecule has 0 saturated heterocycles. The standard InChI is InChI=1S/C14H12ClFN2O2/c1-20-13-7-10(17)2-3-12(13)14(19)18-11-5-8(15)4-9(16)6-11/h2-7H,17H2,1H3,(H,18,19). The molecule has 0 aromatic heterocycles. The summed E-state index contributed by atoms with van der Waals surface area (Å²) in [6.45, 7) is 0. The molecule has 3 N–H and O–H groups in total. The van der Waals surface area contributed by atoms with Crippen molar-refractivity contribution in [1.29, 1.82) is 0 Å². The van der Waals surface area contributed by atoms with E-state index >= 15 is 0 Å². The Balaban J connectivity index is 2.28. The van der Waals surface area contributed by atoms with E-state index < -0.39 is 11.7 Å². The molecule has 2 aromatic rings. The van der Waals surface area contributed by atoms with Gasteiger partial charge in [0.2, 0.25) is 0 Å². The Kier molecular flexibility index (Phi) is 4.10. The third-order valence-electron chi connectivity index (χ3n) is 2.59. The number of carbonyl (C=O) groups excluding carboxylic acids is 1. The van der Waals surface area contributed by atoms with Gasteiger partial charge in [-0.1, -0.05) is 11.6 Å². The first-order valence-corrected chi connectivity index (χ1v) is 6.08. The molecule has 2 rings (SSSR count). The highest BCUT2D eigenvalue weighted by atomic mass is 35.5. The maximum absolute atomic E-state index is 13.2. The van der Waals surface area contributed by atoms with Crippen LogP contribution < -0.4 is 15.8 Å². The number of ether oxygens (including phenoxy) is 1. The van der Waals surface area contributed by atoms with Crippen LogP contribution in [0.15, 0.2) is 36.4 Å². The monoisotopic (exact) mass is 294 g/mol. The number of amides is 1. The zero-order valence-electron chi connectivity index (χ0n) is 10.6. The van der Waals surface area contributed by atoms with Crippen molar-refractivity contribution < 1.29 is 13.9 Å². The van der Waals surface area contributed by atoms with Gasteiger partial charge in [-0.3, -0.25) is 4.79 Å². The number of anilines is 2. The van der Waals surface area contributed by atoms with Gasteiger partial charge in [0.15, 0.2) is 0 Å². The van der Waals surface area contributed by atoms with Crippen molar-refractivity contribution in [2.45, 2.75) is 0 Å². The molecule has 0 atom stereocenters. The van der Waals surface area contributed by atoms with Crippen LogP contribution in [0.1, 0.15) is 10.4 Å². The van der Waals surface area contributed by atoms with Gasteiger partial charge in [0, 0.05) is 22.5 Å². The summed E-state index contributed by atoms with van der Waals surface area (Å²) in [5.41, 5.74) is 6.65. The van der Waals surface area contributed by atoms with Crippen LogP contribution in [0.3, 0.4) is 0 Å². The molecule has 0 bridgehead atoms. The second-order valence-electron chi connectivity index (χ2n) is 4.07. The van der Waals surface area contributed by atoms with E-state index in [1.807, 2.05) is 0 Å². The minimum Gasteiger partial charge on any atom is -0.496 e. The molecule has 0 aliphatic carbocycles. The minimum atomic E-state index is -0.530. The van der Waals surface area contributed by atoms with E-state index in [-0.39, 0.29) is 10.7 Å². The summed E-state index contributed by atoms with van der Waals surface area (Å²) in [6, 6.07) is 8.43. The highest BCUT2D eigenvalue weighted by Crippen LogP contribution is 2.24. The molecule has 0 spiro atoms. The van der Waals surface area contributed by atoms with Crippen molar-refractivity contribution in [3.05, 3.63) is 52.8 Å². The molecule has 0 radical (unpaired) electrons. The fourth-order valence-electron chi connectivity index (χ4n) is 1.72. The van der Waals surface area contributed by atoms with Gasteiger partial charge in [-0.25, -0.2) is 4.39 Å². The van der Waals surface area contributed by atoms with Crippen molar-refractivity contribution in [3.8, 4) is 5.75 Å². The molecule has 0 fully saturated rings. The predicted molar refractivity (Wildman–Crippen MR) is 76.8 cm³/mol. The highest BCUT2D eigenvalue weighted by molar-refractivity contribution is 6.31. The van der Waals surface area contributed by atoms with E-state index in [4.69, 9.17) is 22.1 Å². The third kappa shape index (κ3) is 3.19. The predicted octanol–water partition coefficient (Wildman–Crippen LogP) is 3.32. The number of nitrogens with one attached hydrogen (secondary N) is 1. The smallest absolute Gasteiger partial charge is 0.259 e. The number of hydrogen-bond acceptors (Lipinski definition) is 3. The van der Waals surface area contributed by atoms with Gasteiger partial charge >= 0.3 is 0 Å². The second kappa shape index (κ2) is 5.79. The van der Waals surface area contributed by atoms with Gasteiger partial charge in [0.05, 0.1) is 12.7 Å². The van der Waals surface area contributed by atoms with E-state index in [0.717, 1.165) is 6.07 Å². The Hall–Kier alpha value is -2.27. The van der Waals surface area contributed by atoms with Crippen molar-refractivity contribution in [3.63, 3.8) is 0 Å². The van der Waals surface area contributed by atoms with Crippen molar-refractivity contribution in [2.24, 2.45) is 0 Å². The van der Waals surface area contributed by atoms with Crippen LogP contribution in [0.2, 0.25) is 5.02 Å². The molecule has 0 heterocycles. The maximum atomic E-state index is 13.2. The summed E-state index contributed by atoms with van der Waals surface area (Å²) in [7, 11) is 1.44. The molecule has 0 aliphatic heterocycles. The Morgan fingerprint density at radius 1 is 1.30 bits per heavy atom. The Labute approximate surface area is 120 Å². The minimum absolute atomic E-state index is 0.199. The van der Waals surface area contributed by atoms with E-state index in [1.54, 1.807) is 6.07 Å². The molecule has 104 valence electrons. The lowest BCUT2D eigenvalue weighted by Gasteiger charge is -2.10. The number of rotatable bonds is 3. The van der Waals surface area contributed by atoms with Crippen molar-refractivity contribution >= 4 is 28.9 Å². The number of carbonyl (C=O) groups is 1. The fraction of sp³-hybridized carbons (Fsp3) is 0.0714. The largest absolute Gasteiger partial charge is 0.496 e. The normalized spacial score (nSPS) is 10.2. The summed E-state index contributed by atoms with van der Waals surface area (Å²) in [6.07, 6.45) is 0. The molecule has 2 aromatic carbocycles. The van der Waals surface area contributed by atoms with Crippen molar-refractivity contribution in [2.75, 3.05) is 18.2 Å². The van der Waals surface area contributed by atoms with Crippen LogP contribution in [0.5, 0.6) is 5.75 Å². The van der Waals surface area contributed by atoms with Gasteiger partial charge in [0.1, 0.15) is 11.6 Å². The first-order chi connectivity index (χ1) is 9.49. The first-order valence-electron chi connectivity index (χ1n) is 5.70. The van der Waals surface area contributed by atoms with Gasteiger partial charge in [0.25, 0.3) is 5.91 Å². The van der Waals surface area contributed by atoms with Crippen molar-refractivity contribution in [1.82, 2.24) is 0 Å². The Morgan fingerprint density at radius 3 is 2.70 bits per heavy atom. The average molecular weight is 295 g/mol. The molecule has 20 heavy (non-hydrogen) atoms. The molecular weight excluding hydrogens is 283 g/mol. The number of nitrogen functional groups attached to an aromatic ring is 1. The number of halogens is 2. The summed E-state index contributed by atoms with van der Waals surface area (Å²) in [5.74, 6) is -0.634. The molecular formula is C14H12ClFN2O2. The van der Waals surface area contributed by atoms with E-state index in [2.05, 4.69) is 5.32 Å². The molecule has 4 nitrogen and oxygen atoms in total. The highest BCUT2D eigenvalue weighted by Gasteiger charge is 2.13. The van der Waals surface area contributed by atoms with Gasteiger partial charge in [-0.2, -0.15) is 0 Å². The lowest BCUT2D eigenvalue weighted by atomic mass is 10.1. The van der Waals surface area contributed by atoms with Crippen LogP contribution in [0.25, 0.3) is 0 Å². The van der Waals surface area contributed by atoms with Gasteiger partial charge in [-0.05, 0) is 30.3 Å². The van der Waals surface area contributed by atoms with E-state index in [1.165, 1.54) is 31.4 Å². The molecule has 1 amide bonds. The fourth-order valence-corrected chi connectivity index (χ4v) is 1.94. The zero-order valence-corrected chi connectivity index (χ0v) is 11.4. The van der Waals surface area contributed by atoms with Crippen LogP contribution >= 0.6 is 11.6 Å². The number of nitrogens with two attached hydrogens (primary N) is 1. The summed E-state index contributed by atoms with van der Waals surface area (Å²) in [4.78, 5) is 12.1. The SMILES string of the molecule is COc1cc(N)ccc1C(=O)Nc1cc(F)cc(Cl)c1. The van der Waals surface area contributed by atoms with E-state index in [0.29, 0.717) is 17.0 Å². The lowest BCUT2D eigenvalue weighted by molar-refractivity contribution is 0.102. The maximum Gasteiger partial charge on any atom is 0.259 e. The summed E-state index contributed by atoms with van der Waals surface area (Å²) in [5, 5.41) is 2.75. The Bertz CT molecular complexity index is 641. The molecule has 6 heteroatoms. The van der Waals surface area contributed by atoms with Crippen LogP contribution in [-0.4, -0.2) is 13.0 Å². The lowest BCUT2D eigenvalue weighted by Crippen LogP contribution is -2.13. The number of hydrogen-bond donors (Lipinski definition) is 2. The Morgan fingerprint density at radius 2 is 2.05 bits per heavy atom. The third-order valence-corrected chi connectivity index (χ3v) is 2.81. The summed E-state index contributed by atoms with van der Waals surface area (Å²) >= 11 is 5.73. The molecule has 0 unspecified atom stereocenters. The topological polar surface area (TPSA) is 64.3 Å². The summed E-state index contributed by atoms with van der Waals surface area (Å²) < 4.78 is 18.3. The zero-order chi connectivity index (χ0) is 14.7. The molecule has 0 saturated carbocycles. The van der Waals surface area contributed by atoms with E-state index in [9.17, 15) is 9.18 Å².